The Morgan fingerprint density at radius 3 is 2.71 bits per heavy atom. The van der Waals surface area contributed by atoms with Gasteiger partial charge in [0.15, 0.2) is 0 Å². The highest BCUT2D eigenvalue weighted by molar-refractivity contribution is 5.92. The minimum atomic E-state index is -4.33. The molecule has 1 rings (SSSR count). The number of carbonyl (C=O) groups is 1. The van der Waals surface area contributed by atoms with Crippen molar-refractivity contribution < 1.29 is 18.0 Å². The molecule has 0 aliphatic heterocycles. The molecule has 0 spiro atoms. The van der Waals surface area contributed by atoms with Crippen molar-refractivity contribution in [1.82, 2.24) is 15.2 Å². The van der Waals surface area contributed by atoms with E-state index in [1.807, 2.05) is 0 Å². The Morgan fingerprint density at radius 2 is 2.12 bits per heavy atom. The maximum Gasteiger partial charge on any atom is 0.406 e. The number of likely N-dealkylation sites (N-methyl/N-ethyl adjacent to an activating group) is 1. The van der Waals surface area contributed by atoms with E-state index < -0.39 is 18.6 Å². The zero-order valence-electron chi connectivity index (χ0n) is 9.34. The fourth-order valence-electron chi connectivity index (χ4n) is 1.34. The van der Waals surface area contributed by atoms with Crippen LogP contribution < -0.4 is 10.6 Å². The third-order valence-electron chi connectivity index (χ3n) is 2.07. The van der Waals surface area contributed by atoms with Crippen molar-refractivity contribution in [2.75, 3.05) is 20.1 Å². The van der Waals surface area contributed by atoms with Crippen LogP contribution >= 0.6 is 0 Å². The maximum absolute atomic E-state index is 12.2. The Balaban J connectivity index is 2.64. The van der Waals surface area contributed by atoms with Gasteiger partial charge < -0.3 is 15.2 Å². The molecule has 0 unspecified atom stereocenters. The number of carbonyl (C=O) groups excluding carboxylic acids is 1. The summed E-state index contributed by atoms with van der Waals surface area (Å²) in [6, 6.07) is 2.78. The number of amides is 1. The van der Waals surface area contributed by atoms with Gasteiger partial charge in [0.05, 0.1) is 0 Å². The van der Waals surface area contributed by atoms with Crippen LogP contribution in [-0.4, -0.2) is 36.8 Å². The zero-order valence-corrected chi connectivity index (χ0v) is 9.34. The number of alkyl halides is 3. The van der Waals surface area contributed by atoms with E-state index in [0.29, 0.717) is 13.1 Å². The van der Waals surface area contributed by atoms with Gasteiger partial charge in [-0.25, -0.2) is 0 Å². The van der Waals surface area contributed by atoms with Crippen LogP contribution in [0.4, 0.5) is 13.2 Å². The second kappa shape index (κ2) is 5.72. The van der Waals surface area contributed by atoms with Crippen LogP contribution in [0.5, 0.6) is 0 Å². The van der Waals surface area contributed by atoms with Crippen molar-refractivity contribution in [2.24, 2.45) is 0 Å². The summed E-state index contributed by atoms with van der Waals surface area (Å²) in [5.41, 5.74) is 0.0124. The molecule has 1 heterocycles. The first-order chi connectivity index (χ1) is 7.94. The molecule has 0 saturated heterocycles. The fraction of sp³-hybridized carbons (Fsp3) is 0.500. The molecular weight excluding hydrogens is 235 g/mol. The van der Waals surface area contributed by atoms with Crippen LogP contribution in [0.15, 0.2) is 18.3 Å². The van der Waals surface area contributed by atoms with Gasteiger partial charge in [0.2, 0.25) is 0 Å². The van der Waals surface area contributed by atoms with Gasteiger partial charge in [-0.05, 0) is 19.2 Å². The highest BCUT2D eigenvalue weighted by atomic mass is 19.4. The summed E-state index contributed by atoms with van der Waals surface area (Å²) >= 11 is 0. The smallest absolute Gasteiger partial charge is 0.349 e. The molecule has 4 nitrogen and oxygen atoms in total. The highest BCUT2D eigenvalue weighted by Crippen LogP contribution is 2.18. The molecule has 17 heavy (non-hydrogen) atoms. The quantitative estimate of drug-likeness (QED) is 0.765. The average Bonchev–Trinajstić information content (AvgIpc) is 2.63. The number of hydrogen-bond acceptors (Lipinski definition) is 2. The molecule has 7 heteroatoms. The molecular formula is C10H14F3N3O. The van der Waals surface area contributed by atoms with Gasteiger partial charge in [-0.3, -0.25) is 4.79 Å². The van der Waals surface area contributed by atoms with Gasteiger partial charge >= 0.3 is 6.18 Å². The molecule has 0 fully saturated rings. The molecule has 1 aromatic heterocycles. The third kappa shape index (κ3) is 4.48. The molecule has 0 saturated carbocycles. The van der Waals surface area contributed by atoms with E-state index in [0.717, 1.165) is 4.57 Å². The summed E-state index contributed by atoms with van der Waals surface area (Å²) in [5, 5.41) is 5.34. The molecule has 0 aromatic carbocycles. The number of halogens is 3. The Kier molecular flexibility index (Phi) is 4.56. The van der Waals surface area contributed by atoms with E-state index in [4.69, 9.17) is 0 Å². The predicted molar refractivity (Wildman–Crippen MR) is 56.7 cm³/mol. The summed E-state index contributed by atoms with van der Waals surface area (Å²) in [6.45, 7) is -0.229. The average molecular weight is 249 g/mol. The first-order valence-electron chi connectivity index (χ1n) is 5.09. The first kappa shape index (κ1) is 13.6. The lowest BCUT2D eigenvalue weighted by molar-refractivity contribution is -0.140. The van der Waals surface area contributed by atoms with E-state index in [1.54, 1.807) is 7.05 Å². The van der Waals surface area contributed by atoms with Gasteiger partial charge in [-0.1, -0.05) is 0 Å². The zero-order chi connectivity index (χ0) is 12.9. The number of nitrogens with one attached hydrogen (secondary N) is 2. The van der Waals surface area contributed by atoms with Crippen LogP contribution in [0.25, 0.3) is 0 Å². The lowest BCUT2D eigenvalue weighted by Gasteiger charge is -2.11. The summed E-state index contributed by atoms with van der Waals surface area (Å²) in [5.74, 6) is -0.505. The van der Waals surface area contributed by atoms with Crippen LogP contribution in [0.3, 0.4) is 0 Å². The van der Waals surface area contributed by atoms with E-state index in [9.17, 15) is 18.0 Å². The van der Waals surface area contributed by atoms with Crippen molar-refractivity contribution in [1.29, 1.82) is 0 Å². The van der Waals surface area contributed by atoms with Crippen molar-refractivity contribution in [3.05, 3.63) is 24.0 Å². The molecule has 1 aromatic rings. The number of aromatic nitrogens is 1. The van der Waals surface area contributed by atoms with Gasteiger partial charge in [0.1, 0.15) is 12.2 Å². The Labute approximate surface area is 96.8 Å². The number of rotatable bonds is 5. The lowest BCUT2D eigenvalue weighted by Crippen LogP contribution is -2.32. The van der Waals surface area contributed by atoms with E-state index in [1.165, 1.54) is 18.3 Å². The van der Waals surface area contributed by atoms with Crippen LogP contribution in [0, 0.1) is 0 Å². The topological polar surface area (TPSA) is 46.1 Å². The van der Waals surface area contributed by atoms with Crippen LogP contribution in [0.1, 0.15) is 10.5 Å². The van der Waals surface area contributed by atoms with Gasteiger partial charge in [-0.2, -0.15) is 13.2 Å². The summed E-state index contributed by atoms with van der Waals surface area (Å²) in [4.78, 5) is 11.6. The van der Waals surface area contributed by atoms with E-state index in [-0.39, 0.29) is 5.69 Å². The molecule has 0 aliphatic rings. The van der Waals surface area contributed by atoms with Crippen molar-refractivity contribution in [3.63, 3.8) is 0 Å². The van der Waals surface area contributed by atoms with Crippen molar-refractivity contribution in [3.8, 4) is 0 Å². The summed E-state index contributed by atoms with van der Waals surface area (Å²) < 4.78 is 37.5. The molecule has 2 N–H and O–H groups in total. The molecule has 1 amide bonds. The van der Waals surface area contributed by atoms with Crippen LogP contribution in [-0.2, 0) is 6.54 Å². The van der Waals surface area contributed by atoms with Gasteiger partial charge in [-0.15, -0.1) is 0 Å². The van der Waals surface area contributed by atoms with Gasteiger partial charge in [0.25, 0.3) is 5.91 Å². The number of nitrogens with zero attached hydrogens (tertiary/aromatic N) is 1. The molecule has 0 radical (unpaired) electrons. The first-order valence-corrected chi connectivity index (χ1v) is 5.09. The lowest BCUT2D eigenvalue weighted by atomic mass is 10.4. The second-order valence-electron chi connectivity index (χ2n) is 3.50. The standard InChI is InChI=1S/C10H14F3N3O/c1-14-4-5-15-9(17)8-3-2-6-16(8)7-10(11,12)13/h2-3,6,14H,4-5,7H2,1H3,(H,15,17). The second-order valence-corrected chi connectivity index (χ2v) is 3.50. The van der Waals surface area contributed by atoms with Crippen LogP contribution in [0.2, 0.25) is 0 Å². The minimum absolute atomic E-state index is 0.0124. The summed E-state index contributed by atoms with van der Waals surface area (Å²) in [7, 11) is 1.72. The molecule has 0 bridgehead atoms. The highest BCUT2D eigenvalue weighted by Gasteiger charge is 2.29. The van der Waals surface area contributed by atoms with E-state index in [2.05, 4.69) is 10.6 Å². The van der Waals surface area contributed by atoms with Crippen molar-refractivity contribution in [2.45, 2.75) is 12.7 Å². The third-order valence-corrected chi connectivity index (χ3v) is 2.07. The number of hydrogen-bond donors (Lipinski definition) is 2. The summed E-state index contributed by atoms with van der Waals surface area (Å²) in [6.07, 6.45) is -3.10. The molecule has 0 atom stereocenters. The Bertz CT molecular complexity index is 373. The SMILES string of the molecule is CNCCNC(=O)c1cccn1CC(F)(F)F. The Hall–Kier alpha value is -1.50. The molecule has 0 aliphatic carbocycles. The molecule has 96 valence electrons. The normalized spacial score (nSPS) is 11.5. The van der Waals surface area contributed by atoms with Gasteiger partial charge in [0, 0.05) is 19.3 Å². The largest absolute Gasteiger partial charge is 0.406 e. The maximum atomic E-state index is 12.2. The van der Waals surface area contributed by atoms with E-state index >= 15 is 0 Å². The van der Waals surface area contributed by atoms with Crippen molar-refractivity contribution >= 4 is 5.91 Å². The minimum Gasteiger partial charge on any atom is -0.349 e. The monoisotopic (exact) mass is 249 g/mol. The predicted octanol–water partition coefficient (Wildman–Crippen LogP) is 1.000. The Morgan fingerprint density at radius 1 is 1.41 bits per heavy atom. The fourth-order valence-corrected chi connectivity index (χ4v) is 1.34.